The van der Waals surface area contributed by atoms with Crippen LogP contribution in [0.1, 0.15) is 69.0 Å². The first-order valence-electron chi connectivity index (χ1n) is 11.5. The van der Waals surface area contributed by atoms with Crippen molar-refractivity contribution in [2.45, 2.75) is 71.4 Å². The minimum Gasteiger partial charge on any atom is -0.300 e. The summed E-state index contributed by atoms with van der Waals surface area (Å²) < 4.78 is 0. The number of nitrogens with zero attached hydrogens (tertiary/aromatic N) is 3. The lowest BCUT2D eigenvalue weighted by Gasteiger charge is -2.43. The van der Waals surface area contributed by atoms with Crippen molar-refractivity contribution in [2.75, 3.05) is 26.2 Å². The van der Waals surface area contributed by atoms with Gasteiger partial charge < -0.3 is 0 Å². The number of hydrogen-bond acceptors (Lipinski definition) is 4. The molecule has 0 saturated carbocycles. The van der Waals surface area contributed by atoms with Crippen LogP contribution >= 0.6 is 11.3 Å². The Hall–Kier alpha value is -1.49. The summed E-state index contributed by atoms with van der Waals surface area (Å²) >= 11 is 1.90. The average Bonchev–Trinajstić information content (AvgIpc) is 3.06. The molecular weight excluding hydrogens is 386 g/mol. The molecule has 162 valence electrons. The SMILES string of the molecule is C=C(C)CCc1ccc(-c2cnc(C3CN(C(C)C)C3)s2)cc1C1CN(C(C)C)C1. The summed E-state index contributed by atoms with van der Waals surface area (Å²) in [4.78, 5) is 11.2. The third-order valence-corrected chi connectivity index (χ3v) is 8.05. The maximum absolute atomic E-state index is 4.81. The number of allylic oxidation sites excluding steroid dienone is 1. The molecule has 4 heteroatoms. The van der Waals surface area contributed by atoms with Gasteiger partial charge in [-0.25, -0.2) is 4.98 Å². The van der Waals surface area contributed by atoms with Crippen molar-refractivity contribution in [2.24, 2.45) is 0 Å². The highest BCUT2D eigenvalue weighted by molar-refractivity contribution is 7.15. The van der Waals surface area contributed by atoms with E-state index in [1.165, 1.54) is 39.7 Å². The van der Waals surface area contributed by atoms with Crippen LogP contribution in [0.15, 0.2) is 36.5 Å². The highest BCUT2D eigenvalue weighted by atomic mass is 32.1. The summed E-state index contributed by atoms with van der Waals surface area (Å²) in [7, 11) is 0. The van der Waals surface area contributed by atoms with Gasteiger partial charge in [-0.15, -0.1) is 17.9 Å². The molecule has 1 aromatic carbocycles. The number of benzene rings is 1. The highest BCUT2D eigenvalue weighted by Gasteiger charge is 2.33. The van der Waals surface area contributed by atoms with Crippen LogP contribution in [0.5, 0.6) is 0 Å². The molecule has 0 unspecified atom stereocenters. The second-order valence-corrected chi connectivity index (χ2v) is 11.0. The monoisotopic (exact) mass is 423 g/mol. The van der Waals surface area contributed by atoms with Gasteiger partial charge in [0.05, 0.1) is 9.88 Å². The van der Waals surface area contributed by atoms with Gasteiger partial charge in [0.1, 0.15) is 0 Å². The Morgan fingerprint density at radius 2 is 1.70 bits per heavy atom. The van der Waals surface area contributed by atoms with Gasteiger partial charge in [-0.3, -0.25) is 9.80 Å². The van der Waals surface area contributed by atoms with E-state index < -0.39 is 0 Å². The van der Waals surface area contributed by atoms with E-state index in [1.807, 2.05) is 11.3 Å². The topological polar surface area (TPSA) is 19.4 Å². The van der Waals surface area contributed by atoms with Crippen molar-refractivity contribution in [3.8, 4) is 10.4 Å². The molecule has 0 bridgehead atoms. The lowest BCUT2D eigenvalue weighted by Crippen LogP contribution is -2.48. The molecule has 0 amide bonds. The fourth-order valence-electron chi connectivity index (χ4n) is 4.54. The average molecular weight is 424 g/mol. The lowest BCUT2D eigenvalue weighted by molar-refractivity contribution is 0.109. The number of rotatable bonds is 8. The number of aromatic nitrogens is 1. The van der Waals surface area contributed by atoms with Gasteiger partial charge in [0.15, 0.2) is 0 Å². The van der Waals surface area contributed by atoms with Crippen molar-refractivity contribution in [3.05, 3.63) is 52.7 Å². The molecule has 0 aliphatic carbocycles. The van der Waals surface area contributed by atoms with E-state index in [-0.39, 0.29) is 0 Å². The molecule has 2 aliphatic heterocycles. The molecule has 0 atom stereocenters. The molecule has 0 N–H and O–H groups in total. The van der Waals surface area contributed by atoms with Gasteiger partial charge in [-0.1, -0.05) is 17.7 Å². The summed E-state index contributed by atoms with van der Waals surface area (Å²) in [6, 6.07) is 8.43. The van der Waals surface area contributed by atoms with Crippen LogP contribution in [0.4, 0.5) is 0 Å². The fourth-order valence-corrected chi connectivity index (χ4v) is 5.53. The molecule has 4 rings (SSSR count). The lowest BCUT2D eigenvalue weighted by atomic mass is 9.84. The summed E-state index contributed by atoms with van der Waals surface area (Å²) in [6.45, 7) is 20.1. The van der Waals surface area contributed by atoms with Crippen molar-refractivity contribution >= 4 is 11.3 Å². The van der Waals surface area contributed by atoms with E-state index in [2.05, 4.69) is 75.4 Å². The zero-order valence-corrected chi connectivity index (χ0v) is 20.1. The van der Waals surface area contributed by atoms with Crippen LogP contribution in [-0.4, -0.2) is 53.0 Å². The predicted octanol–water partition coefficient (Wildman–Crippen LogP) is 5.93. The van der Waals surface area contributed by atoms with Crippen LogP contribution in [-0.2, 0) is 6.42 Å². The van der Waals surface area contributed by atoms with Gasteiger partial charge in [0, 0.05) is 56.3 Å². The summed E-state index contributed by atoms with van der Waals surface area (Å²) in [5.41, 5.74) is 5.67. The number of aryl methyl sites for hydroxylation is 1. The zero-order chi connectivity index (χ0) is 21.4. The van der Waals surface area contributed by atoms with E-state index >= 15 is 0 Å². The molecule has 3 nitrogen and oxygen atoms in total. The minimum atomic E-state index is 0.617. The number of thiazole rings is 1. The Morgan fingerprint density at radius 1 is 1.07 bits per heavy atom. The molecule has 2 aliphatic rings. The van der Waals surface area contributed by atoms with E-state index in [1.54, 1.807) is 5.56 Å². The van der Waals surface area contributed by atoms with Gasteiger partial charge in [-0.05, 0) is 70.2 Å². The minimum absolute atomic E-state index is 0.617. The summed E-state index contributed by atoms with van der Waals surface area (Å²) in [5, 5.41) is 1.31. The normalized spacial score (nSPS) is 18.8. The van der Waals surface area contributed by atoms with Crippen molar-refractivity contribution in [1.29, 1.82) is 0 Å². The molecule has 3 heterocycles. The van der Waals surface area contributed by atoms with Crippen LogP contribution in [0, 0.1) is 0 Å². The van der Waals surface area contributed by atoms with E-state index in [4.69, 9.17) is 4.98 Å². The summed E-state index contributed by atoms with van der Waals surface area (Å²) in [6.07, 6.45) is 4.28. The van der Waals surface area contributed by atoms with E-state index in [9.17, 15) is 0 Å². The fraction of sp³-hybridized carbons (Fsp3) is 0.577. The highest BCUT2D eigenvalue weighted by Crippen LogP contribution is 2.38. The third-order valence-electron chi connectivity index (χ3n) is 6.84. The van der Waals surface area contributed by atoms with Crippen LogP contribution < -0.4 is 0 Å². The molecular formula is C26H37N3S. The van der Waals surface area contributed by atoms with Crippen LogP contribution in [0.3, 0.4) is 0 Å². The summed E-state index contributed by atoms with van der Waals surface area (Å²) in [5.74, 6) is 1.28. The van der Waals surface area contributed by atoms with Gasteiger partial charge in [-0.2, -0.15) is 0 Å². The van der Waals surface area contributed by atoms with E-state index in [0.29, 0.717) is 23.9 Å². The molecule has 0 spiro atoms. The first-order valence-corrected chi connectivity index (χ1v) is 12.3. The van der Waals surface area contributed by atoms with Gasteiger partial charge in [0.25, 0.3) is 0 Å². The standard InChI is InChI=1S/C26H37N3S/c1-17(2)7-8-20-9-10-21(11-24(20)22-13-28(14-22)18(3)4)25-12-27-26(30-25)23-15-29(16-23)19(5)6/h9-12,18-19,22-23H,1,7-8,13-16H2,2-6H3. The Bertz CT molecular complexity index is 885. The van der Waals surface area contributed by atoms with Gasteiger partial charge in [0.2, 0.25) is 0 Å². The smallest absolute Gasteiger partial charge is 0.0987 e. The predicted molar refractivity (Wildman–Crippen MR) is 130 cm³/mol. The second kappa shape index (κ2) is 8.94. The molecule has 0 radical (unpaired) electrons. The number of likely N-dealkylation sites (tertiary alicyclic amines) is 2. The maximum atomic E-state index is 4.81. The van der Waals surface area contributed by atoms with Crippen LogP contribution in [0.2, 0.25) is 0 Å². The molecule has 1 aromatic heterocycles. The Morgan fingerprint density at radius 3 is 2.30 bits per heavy atom. The first-order chi connectivity index (χ1) is 14.3. The zero-order valence-electron chi connectivity index (χ0n) is 19.3. The Balaban J connectivity index is 1.53. The second-order valence-electron chi connectivity index (χ2n) is 9.92. The van der Waals surface area contributed by atoms with Crippen LogP contribution in [0.25, 0.3) is 10.4 Å². The van der Waals surface area contributed by atoms with Crippen molar-refractivity contribution < 1.29 is 0 Å². The first kappa shape index (κ1) is 21.7. The Kier molecular flexibility index (Phi) is 6.47. The third kappa shape index (κ3) is 4.56. The van der Waals surface area contributed by atoms with Crippen molar-refractivity contribution in [3.63, 3.8) is 0 Å². The van der Waals surface area contributed by atoms with E-state index in [0.717, 1.165) is 25.9 Å². The molecule has 2 aromatic rings. The molecule has 2 fully saturated rings. The maximum Gasteiger partial charge on any atom is 0.0987 e. The largest absolute Gasteiger partial charge is 0.300 e. The number of hydrogen-bond donors (Lipinski definition) is 0. The van der Waals surface area contributed by atoms with Crippen molar-refractivity contribution in [1.82, 2.24) is 14.8 Å². The molecule has 2 saturated heterocycles. The molecule has 30 heavy (non-hydrogen) atoms. The Labute approximate surface area is 186 Å². The van der Waals surface area contributed by atoms with Gasteiger partial charge >= 0.3 is 0 Å². The quantitative estimate of drug-likeness (QED) is 0.490.